The van der Waals surface area contributed by atoms with E-state index in [1.54, 1.807) is 6.20 Å². The van der Waals surface area contributed by atoms with Gasteiger partial charge >= 0.3 is 5.97 Å². The molecule has 2 aliphatic carbocycles. The Kier molecular flexibility index (Phi) is 8.13. The molecular weight excluding hydrogens is 514 g/mol. The topological polar surface area (TPSA) is 94.9 Å². The number of aliphatic hydroxyl groups is 2. The predicted octanol–water partition coefficient (Wildman–Crippen LogP) is 5.58. The van der Waals surface area contributed by atoms with Crippen molar-refractivity contribution >= 4 is 23.6 Å². The van der Waals surface area contributed by atoms with Gasteiger partial charge in [0.25, 0.3) is 0 Å². The third kappa shape index (κ3) is 5.57. The van der Waals surface area contributed by atoms with Crippen LogP contribution in [0.3, 0.4) is 0 Å². The Labute approximate surface area is 243 Å². The molecule has 2 heterocycles. The van der Waals surface area contributed by atoms with Gasteiger partial charge in [0, 0.05) is 31.4 Å². The van der Waals surface area contributed by atoms with E-state index in [0.717, 1.165) is 36.1 Å². The number of carbonyl (C=O) groups excluding carboxylic acids is 1. The van der Waals surface area contributed by atoms with Crippen LogP contribution in [0, 0.1) is 22.7 Å². The number of nitrogens with zero attached hydrogens (tertiary/aromatic N) is 2. The van der Waals surface area contributed by atoms with Gasteiger partial charge in [0.15, 0.2) is 0 Å². The highest BCUT2D eigenvalue weighted by atomic mass is 16.5. The van der Waals surface area contributed by atoms with Gasteiger partial charge in [-0.15, -0.1) is 0 Å². The van der Waals surface area contributed by atoms with Crippen LogP contribution in [-0.2, 0) is 9.53 Å². The molecule has 41 heavy (non-hydrogen) atoms. The molecule has 7 nitrogen and oxygen atoms in total. The molecule has 0 spiro atoms. The Hall–Kier alpha value is -3.42. The lowest BCUT2D eigenvalue weighted by atomic mass is 9.46. The minimum Gasteiger partial charge on any atom is -0.423 e. The first-order valence-electron chi connectivity index (χ1n) is 14.6. The number of esters is 1. The molecule has 1 aromatic carbocycles. The van der Waals surface area contributed by atoms with Crippen LogP contribution in [-0.4, -0.2) is 54.0 Å². The summed E-state index contributed by atoms with van der Waals surface area (Å²) in [4.78, 5) is 19.9. The Balaban J connectivity index is 1.48. The normalized spacial score (nSPS) is 31.3. The molecule has 0 amide bonds. The van der Waals surface area contributed by atoms with Crippen LogP contribution >= 0.6 is 0 Å². The van der Waals surface area contributed by atoms with Crippen LogP contribution in [0.1, 0.15) is 51.5 Å². The first kappa shape index (κ1) is 29.1. The van der Waals surface area contributed by atoms with Gasteiger partial charge in [-0.25, -0.2) is 9.78 Å². The zero-order chi connectivity index (χ0) is 29.4. The van der Waals surface area contributed by atoms with E-state index in [2.05, 4.69) is 23.8 Å². The highest BCUT2D eigenvalue weighted by Gasteiger charge is 2.58. The third-order valence-electron chi connectivity index (χ3n) is 9.99. The van der Waals surface area contributed by atoms with E-state index < -0.39 is 11.5 Å². The molecule has 2 aromatic rings. The van der Waals surface area contributed by atoms with Gasteiger partial charge in [-0.3, -0.25) is 0 Å². The van der Waals surface area contributed by atoms with Gasteiger partial charge in [-0.05, 0) is 91.3 Å². The second-order valence-electron chi connectivity index (χ2n) is 12.7. The van der Waals surface area contributed by atoms with E-state index in [1.807, 2.05) is 80.5 Å². The number of allylic oxidation sites excluding steroid dienone is 2. The highest BCUT2D eigenvalue weighted by molar-refractivity contribution is 5.95. The van der Waals surface area contributed by atoms with Gasteiger partial charge in [0.2, 0.25) is 0 Å². The standard InChI is InChI=1S/C34H43N3O4/c1-22-9-14-29-33(2,16-15-30(39)34(29,3)21-38)27(22)20-28(36-31-8-6-7-17-35-31)26-19-25(41-32(26)40)18-23-10-12-24(13-11-23)37(4)5/h6-8,10-13,17-19,27-30,38-39H,1,9,14-16,20-21H2,2-5H3,(H,35,36)/t27?,28?,29?,30-,33-,34+/m1/s1. The molecule has 3 N–H and O–H groups in total. The molecule has 1 aromatic heterocycles. The van der Waals surface area contributed by atoms with E-state index in [0.29, 0.717) is 30.0 Å². The fraction of sp³-hybridized carbons (Fsp3) is 0.471. The number of nitrogens with one attached hydrogen (secondary N) is 1. The molecule has 5 rings (SSSR count). The molecule has 6 atom stereocenters. The van der Waals surface area contributed by atoms with Crippen LogP contribution in [0.25, 0.3) is 6.08 Å². The van der Waals surface area contributed by atoms with Gasteiger partial charge < -0.3 is 25.2 Å². The highest BCUT2D eigenvalue weighted by Crippen LogP contribution is 2.62. The minimum atomic E-state index is -0.570. The summed E-state index contributed by atoms with van der Waals surface area (Å²) in [5, 5.41) is 24.9. The number of aliphatic hydroxyl groups excluding tert-OH is 2. The van der Waals surface area contributed by atoms with Crippen molar-refractivity contribution in [3.05, 3.63) is 83.8 Å². The number of ether oxygens (including phenoxy) is 1. The van der Waals surface area contributed by atoms with Crippen molar-refractivity contribution in [2.45, 2.75) is 58.1 Å². The Morgan fingerprint density at radius 1 is 1.20 bits per heavy atom. The summed E-state index contributed by atoms with van der Waals surface area (Å²) in [6, 6.07) is 13.4. The molecule has 0 bridgehead atoms. The molecule has 0 saturated heterocycles. The molecule has 1 aliphatic heterocycles. The lowest BCUT2D eigenvalue weighted by Gasteiger charge is -2.60. The number of fused-ring (bicyclic) bond motifs is 1. The zero-order valence-corrected chi connectivity index (χ0v) is 24.6. The maximum atomic E-state index is 13.3. The van der Waals surface area contributed by atoms with Gasteiger partial charge in [0.1, 0.15) is 11.6 Å². The maximum Gasteiger partial charge on any atom is 0.341 e. The average Bonchev–Trinajstić information content (AvgIpc) is 3.32. The molecule has 218 valence electrons. The van der Waals surface area contributed by atoms with Crippen LogP contribution in [0.4, 0.5) is 11.5 Å². The quantitative estimate of drug-likeness (QED) is 0.288. The van der Waals surface area contributed by atoms with Gasteiger partial charge in [-0.1, -0.05) is 44.2 Å². The Morgan fingerprint density at radius 3 is 2.61 bits per heavy atom. The third-order valence-corrected chi connectivity index (χ3v) is 9.99. The molecular formula is C34H43N3O4. The second kappa shape index (κ2) is 11.5. The SMILES string of the molecule is C=C1CCC2[C@](C)(CC[C@@H](O)[C@@]2(C)CO)C1CC(Nc1ccccn1)C1=CC(=Cc2ccc(N(C)C)cc2)OC1=O. The minimum absolute atomic E-state index is 0.0512. The van der Waals surface area contributed by atoms with Crippen LogP contribution in [0.2, 0.25) is 0 Å². The summed E-state index contributed by atoms with van der Waals surface area (Å²) in [7, 11) is 4.00. The fourth-order valence-electron chi connectivity index (χ4n) is 7.52. The first-order valence-corrected chi connectivity index (χ1v) is 14.6. The molecule has 2 fully saturated rings. The average molecular weight is 558 g/mol. The van der Waals surface area contributed by atoms with Crippen molar-refractivity contribution in [3.63, 3.8) is 0 Å². The van der Waals surface area contributed by atoms with Gasteiger partial charge in [0.05, 0.1) is 24.3 Å². The molecule has 7 heteroatoms. The fourth-order valence-corrected chi connectivity index (χ4v) is 7.52. The van der Waals surface area contributed by atoms with Gasteiger partial charge in [-0.2, -0.15) is 0 Å². The smallest absolute Gasteiger partial charge is 0.341 e. The number of benzene rings is 1. The Bertz CT molecular complexity index is 1340. The molecule has 0 radical (unpaired) electrons. The van der Waals surface area contributed by atoms with Crippen molar-refractivity contribution in [1.29, 1.82) is 0 Å². The van der Waals surface area contributed by atoms with Crippen LogP contribution < -0.4 is 10.2 Å². The summed E-state index contributed by atoms with van der Waals surface area (Å²) >= 11 is 0. The van der Waals surface area contributed by atoms with Crippen LogP contribution in [0.15, 0.2) is 78.2 Å². The number of cyclic esters (lactones) is 1. The first-order chi connectivity index (χ1) is 19.5. The summed E-state index contributed by atoms with van der Waals surface area (Å²) in [5.41, 5.74) is 3.03. The lowest BCUT2D eigenvalue weighted by molar-refractivity contribution is -0.152. The maximum absolute atomic E-state index is 13.3. The Morgan fingerprint density at radius 2 is 1.95 bits per heavy atom. The monoisotopic (exact) mass is 557 g/mol. The predicted molar refractivity (Wildman–Crippen MR) is 163 cm³/mol. The van der Waals surface area contributed by atoms with Crippen molar-refractivity contribution < 1.29 is 19.7 Å². The van der Waals surface area contributed by atoms with Crippen molar-refractivity contribution in [2.75, 3.05) is 30.9 Å². The number of rotatable bonds is 8. The number of hydrogen-bond acceptors (Lipinski definition) is 7. The number of hydrogen-bond donors (Lipinski definition) is 3. The summed E-state index contributed by atoms with van der Waals surface area (Å²) in [6.07, 6.45) is 8.75. The zero-order valence-electron chi connectivity index (χ0n) is 24.6. The van der Waals surface area contributed by atoms with Crippen LogP contribution in [0.5, 0.6) is 0 Å². The number of anilines is 2. The summed E-state index contributed by atoms with van der Waals surface area (Å²) in [6.45, 7) is 8.76. The van der Waals surface area contributed by atoms with E-state index in [9.17, 15) is 15.0 Å². The molecule has 3 unspecified atom stereocenters. The van der Waals surface area contributed by atoms with E-state index in [1.165, 1.54) is 0 Å². The molecule has 3 aliphatic rings. The van der Waals surface area contributed by atoms with Crippen molar-refractivity contribution in [1.82, 2.24) is 4.98 Å². The molecule has 2 saturated carbocycles. The van der Waals surface area contributed by atoms with E-state index in [4.69, 9.17) is 4.74 Å². The largest absolute Gasteiger partial charge is 0.423 e. The van der Waals surface area contributed by atoms with Crippen molar-refractivity contribution in [2.24, 2.45) is 22.7 Å². The van der Waals surface area contributed by atoms with E-state index >= 15 is 0 Å². The summed E-state index contributed by atoms with van der Waals surface area (Å²) < 4.78 is 5.76. The lowest BCUT2D eigenvalue weighted by Crippen LogP contribution is -2.58. The number of carbonyl (C=O) groups is 1. The number of aromatic nitrogens is 1. The van der Waals surface area contributed by atoms with Crippen molar-refractivity contribution in [3.8, 4) is 0 Å². The second-order valence-corrected chi connectivity index (χ2v) is 12.7. The number of pyridine rings is 1. The summed E-state index contributed by atoms with van der Waals surface area (Å²) in [5.74, 6) is 1.05. The van der Waals surface area contributed by atoms with E-state index in [-0.39, 0.29) is 35.9 Å².